The Hall–Kier alpha value is -2.16. The van der Waals surface area contributed by atoms with Gasteiger partial charge in [-0.15, -0.1) is 0 Å². The van der Waals surface area contributed by atoms with Crippen molar-refractivity contribution in [1.82, 2.24) is 5.32 Å². The van der Waals surface area contributed by atoms with Gasteiger partial charge in [-0.3, -0.25) is 4.79 Å². The highest BCUT2D eigenvalue weighted by molar-refractivity contribution is 5.78. The molecule has 0 aliphatic rings. The number of amides is 1. The van der Waals surface area contributed by atoms with Crippen molar-refractivity contribution >= 4 is 5.91 Å². The van der Waals surface area contributed by atoms with Crippen molar-refractivity contribution in [1.29, 1.82) is 0 Å². The molecule has 2 aromatic rings. The van der Waals surface area contributed by atoms with E-state index in [9.17, 15) is 9.18 Å². The average Bonchev–Trinajstić information content (AvgIpc) is 2.49. The molecule has 0 heterocycles. The van der Waals surface area contributed by atoms with Crippen molar-refractivity contribution in [3.8, 4) is 0 Å². The van der Waals surface area contributed by atoms with Crippen LogP contribution in [0.4, 0.5) is 4.39 Å². The van der Waals surface area contributed by atoms with Crippen LogP contribution in [0, 0.1) is 5.82 Å². The van der Waals surface area contributed by atoms with Gasteiger partial charge in [0.2, 0.25) is 5.91 Å². The summed E-state index contributed by atoms with van der Waals surface area (Å²) >= 11 is 0. The van der Waals surface area contributed by atoms with E-state index in [1.54, 1.807) is 18.2 Å². The van der Waals surface area contributed by atoms with Crippen molar-refractivity contribution in [2.75, 3.05) is 6.54 Å². The molecular formula is C20H24FNO. The lowest BCUT2D eigenvalue weighted by Gasteiger charge is -2.19. The molecule has 2 aromatic carbocycles. The molecule has 0 aliphatic heterocycles. The number of rotatable bonds is 5. The second-order valence-electron chi connectivity index (χ2n) is 6.82. The first kappa shape index (κ1) is 17.2. The van der Waals surface area contributed by atoms with Crippen LogP contribution in [-0.4, -0.2) is 12.5 Å². The second-order valence-corrected chi connectivity index (χ2v) is 6.82. The molecule has 23 heavy (non-hydrogen) atoms. The molecule has 0 spiro atoms. The van der Waals surface area contributed by atoms with Crippen LogP contribution in [0.3, 0.4) is 0 Å². The highest BCUT2D eigenvalue weighted by Gasteiger charge is 2.12. The molecule has 0 aromatic heterocycles. The summed E-state index contributed by atoms with van der Waals surface area (Å²) in [6, 6.07) is 14.8. The fraction of sp³-hybridized carbons (Fsp3) is 0.350. The van der Waals surface area contributed by atoms with Gasteiger partial charge in [-0.1, -0.05) is 63.2 Å². The molecule has 0 atom stereocenters. The zero-order chi connectivity index (χ0) is 16.9. The minimum Gasteiger partial charge on any atom is -0.355 e. The summed E-state index contributed by atoms with van der Waals surface area (Å²) in [5.41, 5.74) is 3.06. The normalized spacial score (nSPS) is 11.3. The molecule has 2 nitrogen and oxygen atoms in total. The van der Waals surface area contributed by atoms with Gasteiger partial charge in [0.15, 0.2) is 0 Å². The van der Waals surface area contributed by atoms with Crippen LogP contribution < -0.4 is 5.32 Å². The summed E-state index contributed by atoms with van der Waals surface area (Å²) in [6.45, 7) is 7.11. The van der Waals surface area contributed by atoms with Gasteiger partial charge in [0.05, 0.1) is 6.42 Å². The monoisotopic (exact) mass is 313 g/mol. The third-order valence-corrected chi connectivity index (χ3v) is 3.86. The third-order valence-electron chi connectivity index (χ3n) is 3.86. The molecule has 0 saturated heterocycles. The van der Waals surface area contributed by atoms with E-state index in [0.29, 0.717) is 12.1 Å². The van der Waals surface area contributed by atoms with Gasteiger partial charge in [-0.05, 0) is 34.6 Å². The molecule has 0 unspecified atom stereocenters. The molecule has 0 bridgehead atoms. The van der Waals surface area contributed by atoms with Gasteiger partial charge >= 0.3 is 0 Å². The van der Waals surface area contributed by atoms with Crippen LogP contribution in [-0.2, 0) is 23.1 Å². The molecular weight excluding hydrogens is 289 g/mol. The third kappa shape index (κ3) is 5.20. The van der Waals surface area contributed by atoms with E-state index in [1.165, 1.54) is 17.2 Å². The van der Waals surface area contributed by atoms with E-state index in [-0.39, 0.29) is 23.6 Å². The van der Waals surface area contributed by atoms with Crippen molar-refractivity contribution < 1.29 is 9.18 Å². The SMILES string of the molecule is CC(C)(C)c1ccc(CCNC(=O)Cc2ccccc2F)cc1. The summed E-state index contributed by atoms with van der Waals surface area (Å²) in [6.07, 6.45) is 0.850. The molecule has 1 amide bonds. The van der Waals surface area contributed by atoms with Gasteiger partial charge in [0.25, 0.3) is 0 Å². The number of hydrogen-bond donors (Lipinski definition) is 1. The first-order valence-electron chi connectivity index (χ1n) is 7.96. The Morgan fingerprint density at radius 2 is 1.70 bits per heavy atom. The largest absolute Gasteiger partial charge is 0.355 e. The lowest BCUT2D eigenvalue weighted by molar-refractivity contribution is -0.120. The molecule has 2 rings (SSSR count). The van der Waals surface area contributed by atoms with E-state index >= 15 is 0 Å². The lowest BCUT2D eigenvalue weighted by Crippen LogP contribution is -2.27. The molecule has 3 heteroatoms. The summed E-state index contributed by atoms with van der Waals surface area (Å²) in [5.74, 6) is -0.484. The van der Waals surface area contributed by atoms with Crippen LogP contribution in [0.2, 0.25) is 0 Å². The summed E-state index contributed by atoms with van der Waals surface area (Å²) in [7, 11) is 0. The maximum absolute atomic E-state index is 13.5. The Morgan fingerprint density at radius 3 is 2.30 bits per heavy atom. The van der Waals surface area contributed by atoms with Crippen molar-refractivity contribution in [2.24, 2.45) is 0 Å². The Balaban J connectivity index is 1.81. The van der Waals surface area contributed by atoms with Gasteiger partial charge in [-0.25, -0.2) is 4.39 Å². The fourth-order valence-electron chi connectivity index (χ4n) is 2.39. The van der Waals surface area contributed by atoms with Crippen LogP contribution in [0.25, 0.3) is 0 Å². The maximum Gasteiger partial charge on any atom is 0.224 e. The summed E-state index contributed by atoms with van der Waals surface area (Å²) in [4.78, 5) is 11.9. The van der Waals surface area contributed by atoms with Crippen molar-refractivity contribution in [3.63, 3.8) is 0 Å². The van der Waals surface area contributed by atoms with Crippen molar-refractivity contribution in [2.45, 2.75) is 39.0 Å². The quantitative estimate of drug-likeness (QED) is 0.887. The number of benzene rings is 2. The van der Waals surface area contributed by atoms with E-state index in [4.69, 9.17) is 0 Å². The zero-order valence-corrected chi connectivity index (χ0v) is 14.0. The first-order chi connectivity index (χ1) is 10.9. The number of carbonyl (C=O) groups is 1. The Labute approximate surface area is 137 Å². The Kier molecular flexibility index (Phi) is 5.54. The van der Waals surface area contributed by atoms with E-state index in [1.807, 2.05) is 0 Å². The number of halogens is 1. The molecule has 122 valence electrons. The number of carbonyl (C=O) groups excluding carboxylic acids is 1. The van der Waals surface area contributed by atoms with Gasteiger partial charge in [0, 0.05) is 6.54 Å². The molecule has 0 radical (unpaired) electrons. The molecule has 0 fully saturated rings. The predicted octanol–water partition coefficient (Wildman–Crippen LogP) is 4.02. The lowest BCUT2D eigenvalue weighted by atomic mass is 9.86. The van der Waals surface area contributed by atoms with Gasteiger partial charge in [0.1, 0.15) is 5.82 Å². The van der Waals surface area contributed by atoms with E-state index < -0.39 is 0 Å². The standard InChI is InChI=1S/C20H24FNO/c1-20(2,3)17-10-8-15(9-11-17)12-13-22-19(23)14-16-6-4-5-7-18(16)21/h4-11H,12-14H2,1-3H3,(H,22,23). The fourth-order valence-corrected chi connectivity index (χ4v) is 2.39. The van der Waals surface area contributed by atoms with E-state index in [2.05, 4.69) is 50.4 Å². The first-order valence-corrected chi connectivity index (χ1v) is 7.96. The molecule has 0 aliphatic carbocycles. The average molecular weight is 313 g/mol. The Bertz CT molecular complexity index is 656. The minimum atomic E-state index is -0.333. The highest BCUT2D eigenvalue weighted by atomic mass is 19.1. The minimum absolute atomic E-state index is 0.0790. The van der Waals surface area contributed by atoms with Crippen molar-refractivity contribution in [3.05, 3.63) is 71.0 Å². The zero-order valence-electron chi connectivity index (χ0n) is 14.0. The summed E-state index contributed by atoms with van der Waals surface area (Å²) in [5, 5.41) is 2.85. The number of nitrogens with one attached hydrogen (secondary N) is 1. The smallest absolute Gasteiger partial charge is 0.224 e. The highest BCUT2D eigenvalue weighted by Crippen LogP contribution is 2.22. The summed E-state index contributed by atoms with van der Waals surface area (Å²) < 4.78 is 13.5. The van der Waals surface area contributed by atoms with Crippen LogP contribution in [0.5, 0.6) is 0 Å². The van der Waals surface area contributed by atoms with E-state index in [0.717, 1.165) is 6.42 Å². The predicted molar refractivity (Wildman–Crippen MR) is 92.0 cm³/mol. The maximum atomic E-state index is 13.5. The molecule has 1 N–H and O–H groups in total. The topological polar surface area (TPSA) is 29.1 Å². The van der Waals surface area contributed by atoms with Gasteiger partial charge < -0.3 is 5.32 Å². The van der Waals surface area contributed by atoms with Crippen LogP contribution >= 0.6 is 0 Å². The van der Waals surface area contributed by atoms with Crippen LogP contribution in [0.1, 0.15) is 37.5 Å². The Morgan fingerprint density at radius 1 is 1.04 bits per heavy atom. The number of hydrogen-bond acceptors (Lipinski definition) is 1. The molecule has 0 saturated carbocycles. The van der Waals surface area contributed by atoms with Gasteiger partial charge in [-0.2, -0.15) is 0 Å². The second kappa shape index (κ2) is 7.40. The van der Waals surface area contributed by atoms with Crippen LogP contribution in [0.15, 0.2) is 48.5 Å².